The van der Waals surface area contributed by atoms with Crippen molar-refractivity contribution >= 4 is 46.3 Å². The van der Waals surface area contributed by atoms with Gasteiger partial charge in [-0.05, 0) is 56.0 Å². The van der Waals surface area contributed by atoms with Gasteiger partial charge in [0.1, 0.15) is 6.04 Å². The molecule has 0 N–H and O–H groups in total. The molecule has 1 aliphatic heterocycles. The van der Waals surface area contributed by atoms with E-state index in [2.05, 4.69) is 4.99 Å². The summed E-state index contributed by atoms with van der Waals surface area (Å²) < 4.78 is 7.60. The number of halogens is 1. The van der Waals surface area contributed by atoms with Gasteiger partial charge in [0.25, 0.3) is 5.56 Å². The number of ether oxygens (including phenoxy) is 1. The molecule has 0 aliphatic carbocycles. The quantitative estimate of drug-likeness (QED) is 0.557. The molecule has 2 aromatic heterocycles. The van der Waals surface area contributed by atoms with Crippen molar-refractivity contribution < 1.29 is 9.53 Å². The number of rotatable bonds is 4. The Labute approximate surface area is 186 Å². The first-order valence-corrected chi connectivity index (χ1v) is 11.4. The maximum Gasteiger partial charge on any atom is 0.338 e. The zero-order valence-electron chi connectivity index (χ0n) is 16.6. The number of thiazole rings is 1. The molecule has 0 radical (unpaired) electrons. The Kier molecular flexibility index (Phi) is 5.77. The van der Waals surface area contributed by atoms with Gasteiger partial charge in [-0.1, -0.05) is 41.1 Å². The molecule has 4 rings (SSSR count). The Bertz CT molecular complexity index is 1320. The highest BCUT2D eigenvalue weighted by Gasteiger charge is 2.34. The lowest BCUT2D eigenvalue weighted by Gasteiger charge is -2.24. The Morgan fingerprint density at radius 1 is 1.30 bits per heavy atom. The Morgan fingerprint density at radius 2 is 2.10 bits per heavy atom. The highest BCUT2D eigenvalue weighted by molar-refractivity contribution is 7.10. The maximum absolute atomic E-state index is 13.4. The summed E-state index contributed by atoms with van der Waals surface area (Å²) in [5, 5.41) is 2.53. The van der Waals surface area contributed by atoms with Crippen LogP contribution in [-0.2, 0) is 9.53 Å². The van der Waals surface area contributed by atoms with Gasteiger partial charge in [0.2, 0.25) is 0 Å². The van der Waals surface area contributed by atoms with E-state index in [0.29, 0.717) is 25.6 Å². The van der Waals surface area contributed by atoms with Crippen LogP contribution < -0.4 is 14.9 Å². The van der Waals surface area contributed by atoms with Crippen molar-refractivity contribution in [3.05, 3.63) is 88.2 Å². The van der Waals surface area contributed by atoms with Crippen molar-refractivity contribution in [2.75, 3.05) is 0 Å². The third-order valence-corrected chi connectivity index (χ3v) is 6.69. The van der Waals surface area contributed by atoms with Gasteiger partial charge in [0, 0.05) is 9.90 Å². The number of hydrogen-bond donors (Lipinski definition) is 0. The standard InChI is InChI=1S/C22H19ClN2O3S2/c1-12(2)28-21(27)18-13(3)24-22-25(19(18)16-8-5-9-29-16)20(26)17(30-22)11-14-6-4-7-15(23)10-14/h4-12,19H,1-3H3/b17-11+/t19-/m1/s1. The second kappa shape index (κ2) is 8.34. The van der Waals surface area contributed by atoms with Gasteiger partial charge in [-0.2, -0.15) is 0 Å². The van der Waals surface area contributed by atoms with Crippen LogP contribution in [-0.4, -0.2) is 16.6 Å². The molecular weight excluding hydrogens is 440 g/mol. The van der Waals surface area contributed by atoms with E-state index in [-0.39, 0.29) is 11.7 Å². The smallest absolute Gasteiger partial charge is 0.338 e. The monoisotopic (exact) mass is 458 g/mol. The van der Waals surface area contributed by atoms with Crippen LogP contribution >= 0.6 is 34.3 Å². The van der Waals surface area contributed by atoms with Crippen molar-refractivity contribution in [3.63, 3.8) is 0 Å². The van der Waals surface area contributed by atoms with Gasteiger partial charge in [0.05, 0.1) is 21.9 Å². The number of aromatic nitrogens is 1. The summed E-state index contributed by atoms with van der Waals surface area (Å²) in [6.07, 6.45) is 1.53. The molecule has 154 valence electrons. The lowest BCUT2D eigenvalue weighted by Crippen LogP contribution is -2.39. The molecule has 1 atom stereocenters. The van der Waals surface area contributed by atoms with Crippen LogP contribution in [0.15, 0.2) is 62.8 Å². The molecule has 0 bridgehead atoms. The summed E-state index contributed by atoms with van der Waals surface area (Å²) in [4.78, 5) is 32.3. The normalized spacial score (nSPS) is 16.6. The number of carbonyl (C=O) groups excluding carboxylic acids is 1. The first-order valence-electron chi connectivity index (χ1n) is 9.37. The lowest BCUT2D eigenvalue weighted by atomic mass is 10.0. The van der Waals surface area contributed by atoms with Gasteiger partial charge in [-0.25, -0.2) is 9.79 Å². The van der Waals surface area contributed by atoms with E-state index >= 15 is 0 Å². The summed E-state index contributed by atoms with van der Waals surface area (Å²) in [5.74, 6) is -0.450. The lowest BCUT2D eigenvalue weighted by molar-refractivity contribution is -0.143. The summed E-state index contributed by atoms with van der Waals surface area (Å²) in [7, 11) is 0. The molecule has 1 aromatic carbocycles. The van der Waals surface area contributed by atoms with E-state index in [4.69, 9.17) is 16.3 Å². The van der Waals surface area contributed by atoms with Crippen LogP contribution in [0.4, 0.5) is 0 Å². The van der Waals surface area contributed by atoms with Gasteiger partial charge >= 0.3 is 5.97 Å². The number of hydrogen-bond acceptors (Lipinski definition) is 6. The topological polar surface area (TPSA) is 60.7 Å². The number of benzene rings is 1. The van der Waals surface area contributed by atoms with Crippen LogP contribution in [0.1, 0.15) is 37.3 Å². The highest BCUT2D eigenvalue weighted by atomic mass is 35.5. The Balaban J connectivity index is 1.93. The zero-order chi connectivity index (χ0) is 21.4. The highest BCUT2D eigenvalue weighted by Crippen LogP contribution is 2.33. The van der Waals surface area contributed by atoms with E-state index in [1.54, 1.807) is 43.5 Å². The van der Waals surface area contributed by atoms with Gasteiger partial charge < -0.3 is 4.74 Å². The van der Waals surface area contributed by atoms with Crippen LogP contribution in [0.2, 0.25) is 5.02 Å². The first kappa shape index (κ1) is 20.8. The molecule has 0 saturated heterocycles. The van der Waals surface area contributed by atoms with Gasteiger partial charge in [0.15, 0.2) is 4.80 Å². The minimum atomic E-state index is -0.561. The average Bonchev–Trinajstić information content (AvgIpc) is 3.29. The predicted molar refractivity (Wildman–Crippen MR) is 121 cm³/mol. The number of nitrogens with zero attached hydrogens (tertiary/aromatic N) is 2. The first-order chi connectivity index (χ1) is 14.3. The number of carbonyl (C=O) groups is 1. The maximum atomic E-state index is 13.4. The molecule has 0 spiro atoms. The molecule has 3 aromatic rings. The van der Waals surface area contributed by atoms with Crippen LogP contribution in [0.5, 0.6) is 0 Å². The largest absolute Gasteiger partial charge is 0.459 e. The third-order valence-electron chi connectivity index (χ3n) is 4.54. The fraction of sp³-hybridized carbons (Fsp3) is 0.227. The minimum absolute atomic E-state index is 0.195. The van der Waals surface area contributed by atoms with Crippen molar-refractivity contribution in [1.29, 1.82) is 0 Å². The van der Waals surface area contributed by atoms with E-state index in [0.717, 1.165) is 10.4 Å². The van der Waals surface area contributed by atoms with Crippen molar-refractivity contribution in [2.45, 2.75) is 32.9 Å². The Hall–Kier alpha value is -2.48. The molecule has 5 nitrogen and oxygen atoms in total. The van der Waals surface area contributed by atoms with E-state index < -0.39 is 12.0 Å². The summed E-state index contributed by atoms with van der Waals surface area (Å²) in [6, 6.07) is 10.6. The molecule has 1 aliphatic rings. The summed E-state index contributed by atoms with van der Waals surface area (Å²) in [5.41, 5.74) is 1.59. The fourth-order valence-corrected chi connectivity index (χ4v) is 5.39. The molecule has 0 fully saturated rings. The minimum Gasteiger partial charge on any atom is -0.459 e. The van der Waals surface area contributed by atoms with Crippen LogP contribution in [0.25, 0.3) is 6.08 Å². The second-order valence-corrected chi connectivity index (χ2v) is 9.53. The molecule has 30 heavy (non-hydrogen) atoms. The molecule has 0 amide bonds. The summed E-state index contributed by atoms with van der Waals surface area (Å²) >= 11 is 8.87. The zero-order valence-corrected chi connectivity index (χ0v) is 19.0. The van der Waals surface area contributed by atoms with E-state index in [1.165, 1.54) is 22.7 Å². The van der Waals surface area contributed by atoms with Crippen molar-refractivity contribution in [2.24, 2.45) is 4.99 Å². The molecule has 0 saturated carbocycles. The number of esters is 1. The molecule has 8 heteroatoms. The van der Waals surface area contributed by atoms with Gasteiger partial charge in [-0.15, -0.1) is 11.3 Å². The number of fused-ring (bicyclic) bond motifs is 1. The van der Waals surface area contributed by atoms with E-state index in [1.807, 2.05) is 29.6 Å². The second-order valence-electron chi connectivity index (χ2n) is 7.11. The van der Waals surface area contributed by atoms with Crippen LogP contribution in [0, 0.1) is 0 Å². The fourth-order valence-electron chi connectivity index (χ4n) is 3.32. The third kappa shape index (κ3) is 3.93. The Morgan fingerprint density at radius 3 is 2.77 bits per heavy atom. The van der Waals surface area contributed by atoms with E-state index in [9.17, 15) is 9.59 Å². The van der Waals surface area contributed by atoms with Crippen LogP contribution in [0.3, 0.4) is 0 Å². The molecular formula is C22H19ClN2O3S2. The average molecular weight is 459 g/mol. The van der Waals surface area contributed by atoms with Gasteiger partial charge in [-0.3, -0.25) is 9.36 Å². The molecule has 3 heterocycles. The summed E-state index contributed by atoms with van der Waals surface area (Å²) in [6.45, 7) is 5.38. The number of allylic oxidation sites excluding steroid dienone is 1. The van der Waals surface area contributed by atoms with Crippen molar-refractivity contribution in [1.82, 2.24) is 4.57 Å². The number of thiophene rings is 1. The van der Waals surface area contributed by atoms with Crippen molar-refractivity contribution in [3.8, 4) is 0 Å². The predicted octanol–water partition coefficient (Wildman–Crippen LogP) is 3.90. The molecule has 0 unspecified atom stereocenters. The SMILES string of the molecule is CC1=C(C(=O)OC(C)C)[C@@H](c2cccs2)n2c(s/c(=C/c3cccc(Cl)c3)c2=O)=N1.